The number of aryl methyl sites for hydroxylation is 1. The molecule has 0 aliphatic carbocycles. The summed E-state index contributed by atoms with van der Waals surface area (Å²) in [5.41, 5.74) is 5.40. The Morgan fingerprint density at radius 1 is 1.14 bits per heavy atom. The molecule has 0 spiro atoms. The van der Waals surface area contributed by atoms with E-state index in [1.54, 1.807) is 0 Å². The molecule has 0 fully saturated rings. The lowest BCUT2D eigenvalue weighted by Crippen LogP contribution is -2.27. The minimum Gasteiger partial charge on any atom is -0.385 e. The molecule has 0 bridgehead atoms. The van der Waals surface area contributed by atoms with Crippen LogP contribution in [0, 0.1) is 13.8 Å². The monoisotopic (exact) mass is 280 g/mol. The van der Waals surface area contributed by atoms with E-state index < -0.39 is 0 Å². The average Bonchev–Trinajstić information content (AvgIpc) is 2.51. The van der Waals surface area contributed by atoms with Crippen molar-refractivity contribution in [1.29, 1.82) is 0 Å². The first-order valence-electron chi connectivity index (χ1n) is 7.36. The van der Waals surface area contributed by atoms with E-state index in [-0.39, 0.29) is 11.8 Å². The van der Waals surface area contributed by atoms with Crippen molar-refractivity contribution >= 4 is 17.3 Å². The number of benzene rings is 2. The molecule has 1 aliphatic heterocycles. The van der Waals surface area contributed by atoms with Crippen LogP contribution in [-0.2, 0) is 4.79 Å². The average molecular weight is 280 g/mol. The third-order valence-electron chi connectivity index (χ3n) is 4.26. The van der Waals surface area contributed by atoms with Gasteiger partial charge < -0.3 is 10.6 Å². The second kappa shape index (κ2) is 5.60. The Kier molecular flexibility index (Phi) is 3.65. The maximum absolute atomic E-state index is 12.7. The van der Waals surface area contributed by atoms with E-state index in [1.165, 1.54) is 5.56 Å². The topological polar surface area (TPSA) is 41.1 Å². The summed E-state index contributed by atoms with van der Waals surface area (Å²) in [5, 5.41) is 6.45. The van der Waals surface area contributed by atoms with Gasteiger partial charge in [-0.25, -0.2) is 0 Å². The molecule has 2 aromatic carbocycles. The quantitative estimate of drug-likeness (QED) is 0.877. The maximum atomic E-state index is 12.7. The molecule has 0 aromatic heterocycles. The normalized spacial score (nSPS) is 16.8. The molecule has 2 N–H and O–H groups in total. The Balaban J connectivity index is 1.85. The van der Waals surface area contributed by atoms with Crippen molar-refractivity contribution in [3.63, 3.8) is 0 Å². The summed E-state index contributed by atoms with van der Waals surface area (Å²) < 4.78 is 0. The number of fused-ring (bicyclic) bond motifs is 1. The number of rotatable bonds is 2. The summed E-state index contributed by atoms with van der Waals surface area (Å²) in [6.45, 7) is 4.94. The van der Waals surface area contributed by atoms with Crippen LogP contribution in [0.5, 0.6) is 0 Å². The predicted octanol–water partition coefficient (Wildman–Crippen LogP) is 3.84. The van der Waals surface area contributed by atoms with Crippen LogP contribution >= 0.6 is 0 Å². The van der Waals surface area contributed by atoms with Crippen LogP contribution in [0.1, 0.15) is 29.0 Å². The zero-order chi connectivity index (χ0) is 14.8. The predicted molar refractivity (Wildman–Crippen MR) is 86.8 cm³/mol. The van der Waals surface area contributed by atoms with E-state index in [2.05, 4.69) is 23.6 Å². The van der Waals surface area contributed by atoms with Gasteiger partial charge in [0.2, 0.25) is 5.91 Å². The SMILES string of the molecule is Cc1cccc(NC(=O)C2CCNc3ccccc32)c1C. The lowest BCUT2D eigenvalue weighted by Gasteiger charge is -2.26. The van der Waals surface area contributed by atoms with E-state index in [4.69, 9.17) is 0 Å². The first-order chi connectivity index (χ1) is 10.2. The van der Waals surface area contributed by atoms with Crippen LogP contribution in [0.2, 0.25) is 0 Å². The van der Waals surface area contributed by atoms with E-state index in [1.807, 2.05) is 43.3 Å². The second-order valence-electron chi connectivity index (χ2n) is 5.59. The van der Waals surface area contributed by atoms with E-state index in [0.29, 0.717) is 0 Å². The zero-order valence-corrected chi connectivity index (χ0v) is 12.4. The van der Waals surface area contributed by atoms with Gasteiger partial charge in [0.15, 0.2) is 0 Å². The Morgan fingerprint density at radius 2 is 1.95 bits per heavy atom. The highest BCUT2D eigenvalue weighted by Crippen LogP contribution is 2.32. The molecule has 1 aliphatic rings. The molecule has 0 saturated carbocycles. The lowest BCUT2D eigenvalue weighted by atomic mass is 9.90. The first-order valence-corrected chi connectivity index (χ1v) is 7.36. The van der Waals surface area contributed by atoms with Gasteiger partial charge >= 0.3 is 0 Å². The minimum absolute atomic E-state index is 0.0811. The molecule has 0 radical (unpaired) electrons. The van der Waals surface area contributed by atoms with Gasteiger partial charge in [-0.05, 0) is 49.1 Å². The van der Waals surface area contributed by atoms with Gasteiger partial charge in [0.05, 0.1) is 5.92 Å². The molecule has 2 aromatic rings. The first kappa shape index (κ1) is 13.7. The molecule has 0 saturated heterocycles. The van der Waals surface area contributed by atoms with Gasteiger partial charge in [-0.15, -0.1) is 0 Å². The number of carbonyl (C=O) groups is 1. The second-order valence-corrected chi connectivity index (χ2v) is 5.59. The standard InChI is InChI=1S/C18H20N2O/c1-12-6-5-9-16(13(12)2)20-18(21)15-10-11-19-17-8-4-3-7-14(15)17/h3-9,15,19H,10-11H2,1-2H3,(H,20,21). The van der Waals surface area contributed by atoms with Gasteiger partial charge in [-0.2, -0.15) is 0 Å². The molecule has 1 amide bonds. The number of amides is 1. The fraction of sp³-hybridized carbons (Fsp3) is 0.278. The van der Waals surface area contributed by atoms with Crippen LogP contribution in [0.4, 0.5) is 11.4 Å². The van der Waals surface area contributed by atoms with Crippen molar-refractivity contribution in [3.8, 4) is 0 Å². The molecule has 3 rings (SSSR count). The van der Waals surface area contributed by atoms with Crippen molar-refractivity contribution in [2.24, 2.45) is 0 Å². The summed E-state index contributed by atoms with van der Waals surface area (Å²) in [7, 11) is 0. The highest BCUT2D eigenvalue weighted by atomic mass is 16.1. The van der Waals surface area contributed by atoms with Gasteiger partial charge in [0.25, 0.3) is 0 Å². The highest BCUT2D eigenvalue weighted by molar-refractivity contribution is 5.97. The van der Waals surface area contributed by atoms with Crippen molar-refractivity contribution in [1.82, 2.24) is 0 Å². The van der Waals surface area contributed by atoms with Crippen molar-refractivity contribution < 1.29 is 4.79 Å². The van der Waals surface area contributed by atoms with E-state index in [9.17, 15) is 4.79 Å². The Bertz CT molecular complexity index is 679. The smallest absolute Gasteiger partial charge is 0.232 e. The summed E-state index contributed by atoms with van der Waals surface area (Å²) in [6.07, 6.45) is 0.827. The highest BCUT2D eigenvalue weighted by Gasteiger charge is 2.26. The third-order valence-corrected chi connectivity index (χ3v) is 4.26. The molecule has 1 unspecified atom stereocenters. The van der Waals surface area contributed by atoms with Gasteiger partial charge in [-0.1, -0.05) is 30.3 Å². The Morgan fingerprint density at radius 3 is 2.81 bits per heavy atom. The number of anilines is 2. The van der Waals surface area contributed by atoms with Crippen LogP contribution in [0.15, 0.2) is 42.5 Å². The number of para-hydroxylation sites is 1. The summed E-state index contributed by atoms with van der Waals surface area (Å²) in [6, 6.07) is 14.1. The lowest BCUT2D eigenvalue weighted by molar-refractivity contribution is -0.117. The molecule has 21 heavy (non-hydrogen) atoms. The summed E-state index contributed by atoms with van der Waals surface area (Å²) in [5.74, 6) is 0.0000113. The number of nitrogens with one attached hydrogen (secondary N) is 2. The molecule has 1 heterocycles. The minimum atomic E-state index is -0.0811. The Hall–Kier alpha value is -2.29. The van der Waals surface area contributed by atoms with Gasteiger partial charge in [-0.3, -0.25) is 4.79 Å². The largest absolute Gasteiger partial charge is 0.385 e. The van der Waals surface area contributed by atoms with Crippen molar-refractivity contribution in [2.45, 2.75) is 26.2 Å². The number of hydrogen-bond acceptors (Lipinski definition) is 2. The summed E-state index contributed by atoms with van der Waals surface area (Å²) in [4.78, 5) is 12.7. The molecular weight excluding hydrogens is 260 g/mol. The maximum Gasteiger partial charge on any atom is 0.232 e. The zero-order valence-electron chi connectivity index (χ0n) is 12.4. The van der Waals surface area contributed by atoms with Crippen molar-refractivity contribution in [3.05, 3.63) is 59.2 Å². The van der Waals surface area contributed by atoms with Crippen molar-refractivity contribution in [2.75, 3.05) is 17.2 Å². The molecule has 3 nitrogen and oxygen atoms in total. The van der Waals surface area contributed by atoms with Gasteiger partial charge in [0, 0.05) is 17.9 Å². The Labute approximate surface area is 125 Å². The fourth-order valence-corrected chi connectivity index (χ4v) is 2.85. The van der Waals surface area contributed by atoms with Crippen LogP contribution in [-0.4, -0.2) is 12.5 Å². The molecule has 108 valence electrons. The number of hydrogen-bond donors (Lipinski definition) is 2. The summed E-state index contributed by atoms with van der Waals surface area (Å²) >= 11 is 0. The third kappa shape index (κ3) is 2.64. The van der Waals surface area contributed by atoms with E-state index >= 15 is 0 Å². The van der Waals surface area contributed by atoms with Crippen LogP contribution in [0.3, 0.4) is 0 Å². The van der Waals surface area contributed by atoms with Gasteiger partial charge in [0.1, 0.15) is 0 Å². The molecule has 3 heteroatoms. The molecule has 1 atom stereocenters. The fourth-order valence-electron chi connectivity index (χ4n) is 2.85. The van der Waals surface area contributed by atoms with Crippen LogP contribution < -0.4 is 10.6 Å². The van der Waals surface area contributed by atoms with Crippen LogP contribution in [0.25, 0.3) is 0 Å². The van der Waals surface area contributed by atoms with E-state index in [0.717, 1.165) is 35.5 Å². The number of carbonyl (C=O) groups excluding carboxylic acids is 1. The molecular formula is C18H20N2O.